The lowest BCUT2D eigenvalue weighted by Gasteiger charge is -2.34. The summed E-state index contributed by atoms with van der Waals surface area (Å²) >= 11 is 0. The third-order valence-electron chi connectivity index (χ3n) is 4.06. The van der Waals surface area contributed by atoms with Crippen LogP contribution in [0.1, 0.15) is 59.8 Å². The Labute approximate surface area is 112 Å². The summed E-state index contributed by atoms with van der Waals surface area (Å²) in [5, 5.41) is 12.4. The molecule has 3 nitrogen and oxygen atoms in total. The maximum absolute atomic E-state index is 9.15. The quantitative estimate of drug-likeness (QED) is 0.789. The number of nitrogens with zero attached hydrogens (tertiary/aromatic N) is 1. The molecule has 1 atom stereocenters. The minimum atomic E-state index is -0.442. The molecule has 0 aromatic rings. The Morgan fingerprint density at radius 3 is 2.50 bits per heavy atom. The smallest absolute Gasteiger partial charge is 0.106 e. The van der Waals surface area contributed by atoms with Gasteiger partial charge in [-0.1, -0.05) is 20.8 Å². The zero-order valence-corrected chi connectivity index (χ0v) is 12.4. The van der Waals surface area contributed by atoms with E-state index in [1.807, 2.05) is 13.8 Å². The van der Waals surface area contributed by atoms with Gasteiger partial charge in [0, 0.05) is 13.0 Å². The van der Waals surface area contributed by atoms with Crippen molar-refractivity contribution in [2.75, 3.05) is 13.2 Å². The highest BCUT2D eigenvalue weighted by Gasteiger charge is 2.28. The van der Waals surface area contributed by atoms with Gasteiger partial charge in [0.2, 0.25) is 0 Å². The zero-order chi connectivity index (χ0) is 13.6. The molecule has 0 radical (unpaired) electrons. The van der Waals surface area contributed by atoms with Gasteiger partial charge in [0.1, 0.15) is 5.54 Å². The number of rotatable bonds is 6. The van der Waals surface area contributed by atoms with Crippen LogP contribution in [0.4, 0.5) is 0 Å². The first kappa shape index (κ1) is 15.5. The molecule has 104 valence electrons. The fourth-order valence-corrected chi connectivity index (χ4v) is 2.54. The van der Waals surface area contributed by atoms with E-state index in [9.17, 15) is 0 Å². The molecule has 0 saturated heterocycles. The SMILES string of the molecule is CCNC(C)(C#N)CCOC1CCC(C)(C)CC1. The average molecular weight is 252 g/mol. The minimum absolute atomic E-state index is 0.405. The Morgan fingerprint density at radius 2 is 2.00 bits per heavy atom. The standard InChI is InChI=1S/C15H28N2O/c1-5-17-15(4,12-16)10-11-18-13-6-8-14(2,3)9-7-13/h13,17H,5-11H2,1-4H3. The number of hydrogen-bond donors (Lipinski definition) is 1. The van der Waals surface area contributed by atoms with Crippen LogP contribution in [0.2, 0.25) is 0 Å². The van der Waals surface area contributed by atoms with Gasteiger partial charge in [-0.15, -0.1) is 0 Å². The summed E-state index contributed by atoms with van der Waals surface area (Å²) in [4.78, 5) is 0. The summed E-state index contributed by atoms with van der Waals surface area (Å²) in [5.41, 5.74) is 0.0491. The molecule has 1 unspecified atom stereocenters. The molecule has 0 spiro atoms. The Morgan fingerprint density at radius 1 is 1.39 bits per heavy atom. The van der Waals surface area contributed by atoms with Crippen molar-refractivity contribution in [1.29, 1.82) is 5.26 Å². The van der Waals surface area contributed by atoms with Crippen LogP contribution in [-0.4, -0.2) is 24.8 Å². The van der Waals surface area contributed by atoms with Gasteiger partial charge in [-0.25, -0.2) is 0 Å². The molecule has 3 heteroatoms. The molecule has 0 aliphatic heterocycles. The summed E-state index contributed by atoms with van der Waals surface area (Å²) in [6.07, 6.45) is 6.00. The summed E-state index contributed by atoms with van der Waals surface area (Å²) < 4.78 is 5.93. The van der Waals surface area contributed by atoms with Crippen LogP contribution in [0, 0.1) is 16.7 Å². The summed E-state index contributed by atoms with van der Waals surface area (Å²) in [7, 11) is 0. The third-order valence-corrected chi connectivity index (χ3v) is 4.06. The van der Waals surface area contributed by atoms with Crippen LogP contribution < -0.4 is 5.32 Å². The lowest BCUT2D eigenvalue weighted by molar-refractivity contribution is -0.00134. The maximum atomic E-state index is 9.15. The monoisotopic (exact) mass is 252 g/mol. The number of nitriles is 1. The number of nitrogens with one attached hydrogen (secondary N) is 1. The second kappa shape index (κ2) is 6.54. The highest BCUT2D eigenvalue weighted by molar-refractivity contribution is 5.03. The zero-order valence-electron chi connectivity index (χ0n) is 12.4. The highest BCUT2D eigenvalue weighted by atomic mass is 16.5. The number of ether oxygens (including phenoxy) is 1. The molecule has 1 fully saturated rings. The van der Waals surface area contributed by atoms with E-state index in [0.717, 1.165) is 25.8 Å². The first-order valence-electron chi connectivity index (χ1n) is 7.19. The summed E-state index contributed by atoms with van der Waals surface area (Å²) in [6, 6.07) is 2.34. The van der Waals surface area contributed by atoms with Crippen molar-refractivity contribution in [3.8, 4) is 6.07 Å². The van der Waals surface area contributed by atoms with Crippen molar-refractivity contribution in [2.24, 2.45) is 5.41 Å². The molecular weight excluding hydrogens is 224 g/mol. The highest BCUT2D eigenvalue weighted by Crippen LogP contribution is 2.36. The predicted octanol–water partition coefficient (Wildman–Crippen LogP) is 3.25. The first-order valence-corrected chi connectivity index (χ1v) is 7.19. The van der Waals surface area contributed by atoms with Crippen molar-refractivity contribution in [2.45, 2.75) is 71.4 Å². The van der Waals surface area contributed by atoms with E-state index >= 15 is 0 Å². The molecule has 18 heavy (non-hydrogen) atoms. The van der Waals surface area contributed by atoms with Gasteiger partial charge in [-0.2, -0.15) is 5.26 Å². The molecule has 0 aromatic carbocycles. The van der Waals surface area contributed by atoms with Crippen LogP contribution in [-0.2, 0) is 4.74 Å². The van der Waals surface area contributed by atoms with Crippen LogP contribution >= 0.6 is 0 Å². The number of hydrogen-bond acceptors (Lipinski definition) is 3. The molecule has 0 aromatic heterocycles. The molecule has 0 heterocycles. The van der Waals surface area contributed by atoms with E-state index in [0.29, 0.717) is 18.1 Å². The van der Waals surface area contributed by atoms with Crippen molar-refractivity contribution >= 4 is 0 Å². The normalized spacial score (nSPS) is 23.3. The fraction of sp³-hybridized carbons (Fsp3) is 0.933. The summed E-state index contributed by atoms with van der Waals surface area (Å²) in [5.74, 6) is 0. The van der Waals surface area contributed by atoms with Crippen molar-refractivity contribution in [1.82, 2.24) is 5.32 Å². The fourth-order valence-electron chi connectivity index (χ4n) is 2.54. The van der Waals surface area contributed by atoms with Crippen LogP contribution in [0.25, 0.3) is 0 Å². The molecule has 1 aliphatic carbocycles. The second-order valence-corrected chi connectivity index (χ2v) is 6.46. The van der Waals surface area contributed by atoms with Gasteiger partial charge < -0.3 is 4.74 Å². The van der Waals surface area contributed by atoms with Crippen LogP contribution in [0.15, 0.2) is 0 Å². The molecule has 0 amide bonds. The molecular formula is C15H28N2O. The molecule has 1 aliphatic rings. The van der Waals surface area contributed by atoms with Crippen molar-refractivity contribution < 1.29 is 4.74 Å². The van der Waals surface area contributed by atoms with Gasteiger partial charge in [0.15, 0.2) is 0 Å². The lowest BCUT2D eigenvalue weighted by atomic mass is 9.76. The van der Waals surface area contributed by atoms with Crippen LogP contribution in [0.3, 0.4) is 0 Å². The van der Waals surface area contributed by atoms with Gasteiger partial charge in [-0.05, 0) is 44.6 Å². The van der Waals surface area contributed by atoms with E-state index in [4.69, 9.17) is 10.00 Å². The second-order valence-electron chi connectivity index (χ2n) is 6.46. The third kappa shape index (κ3) is 4.96. The predicted molar refractivity (Wildman–Crippen MR) is 74.3 cm³/mol. The Hall–Kier alpha value is -0.590. The topological polar surface area (TPSA) is 45.0 Å². The van der Waals surface area contributed by atoms with Gasteiger partial charge in [-0.3, -0.25) is 5.32 Å². The van der Waals surface area contributed by atoms with Gasteiger partial charge >= 0.3 is 0 Å². The Kier molecular flexibility index (Phi) is 5.62. The largest absolute Gasteiger partial charge is 0.378 e. The minimum Gasteiger partial charge on any atom is -0.378 e. The van der Waals surface area contributed by atoms with Crippen molar-refractivity contribution in [3.05, 3.63) is 0 Å². The lowest BCUT2D eigenvalue weighted by Crippen LogP contribution is -2.42. The average Bonchev–Trinajstić information content (AvgIpc) is 2.32. The maximum Gasteiger partial charge on any atom is 0.106 e. The molecule has 1 saturated carbocycles. The van der Waals surface area contributed by atoms with E-state index in [1.165, 1.54) is 12.8 Å². The molecule has 1 N–H and O–H groups in total. The van der Waals surface area contributed by atoms with E-state index in [1.54, 1.807) is 0 Å². The van der Waals surface area contributed by atoms with Gasteiger partial charge in [0.25, 0.3) is 0 Å². The van der Waals surface area contributed by atoms with Gasteiger partial charge in [0.05, 0.1) is 12.2 Å². The van der Waals surface area contributed by atoms with E-state index in [-0.39, 0.29) is 0 Å². The first-order chi connectivity index (χ1) is 8.41. The van der Waals surface area contributed by atoms with Crippen LogP contribution in [0.5, 0.6) is 0 Å². The molecule has 1 rings (SSSR count). The Bertz CT molecular complexity index is 285. The Balaban J connectivity index is 2.24. The summed E-state index contributed by atoms with van der Waals surface area (Å²) in [6.45, 7) is 10.1. The van der Waals surface area contributed by atoms with Crippen molar-refractivity contribution in [3.63, 3.8) is 0 Å². The molecule has 0 bridgehead atoms. The van der Waals surface area contributed by atoms with E-state index < -0.39 is 5.54 Å². The van der Waals surface area contributed by atoms with E-state index in [2.05, 4.69) is 25.2 Å².